The molecule has 2 N–H and O–H groups in total. The minimum atomic E-state index is 0.165. The summed E-state index contributed by atoms with van der Waals surface area (Å²) >= 11 is 0. The first-order valence-corrected chi connectivity index (χ1v) is 8.08. The van der Waals surface area contributed by atoms with Gasteiger partial charge in [0.15, 0.2) is 0 Å². The van der Waals surface area contributed by atoms with E-state index in [9.17, 15) is 0 Å². The summed E-state index contributed by atoms with van der Waals surface area (Å²) < 4.78 is 5.61. The van der Waals surface area contributed by atoms with Crippen LogP contribution in [0.5, 0.6) is 0 Å². The molecule has 0 aliphatic carbocycles. The molecule has 0 amide bonds. The number of likely N-dealkylation sites (tertiary alicyclic amines) is 2. The molecule has 3 fully saturated rings. The number of nitrogens with two attached hydrogens (primary N) is 1. The molecular weight excluding hydrogens is 238 g/mol. The van der Waals surface area contributed by atoms with Gasteiger partial charge in [-0.15, -0.1) is 0 Å². The van der Waals surface area contributed by atoms with Crippen LogP contribution in [-0.2, 0) is 4.74 Å². The molecule has 3 rings (SSSR count). The van der Waals surface area contributed by atoms with Gasteiger partial charge in [0.05, 0.1) is 12.1 Å². The molecule has 110 valence electrons. The van der Waals surface area contributed by atoms with E-state index in [1.807, 2.05) is 0 Å². The highest BCUT2D eigenvalue weighted by atomic mass is 16.5. The molecule has 3 aliphatic heterocycles. The third kappa shape index (κ3) is 2.97. The number of nitrogens with zero attached hydrogens (tertiary/aromatic N) is 2. The van der Waals surface area contributed by atoms with E-state index in [4.69, 9.17) is 10.5 Å². The van der Waals surface area contributed by atoms with E-state index in [0.29, 0.717) is 0 Å². The molecule has 0 radical (unpaired) electrons. The molecule has 0 bridgehead atoms. The third-order valence-corrected chi connectivity index (χ3v) is 5.46. The van der Waals surface area contributed by atoms with E-state index >= 15 is 0 Å². The van der Waals surface area contributed by atoms with Gasteiger partial charge in [0.1, 0.15) is 0 Å². The minimum Gasteiger partial charge on any atom is -0.379 e. The number of hydrogen-bond acceptors (Lipinski definition) is 4. The highest BCUT2D eigenvalue weighted by Crippen LogP contribution is 2.30. The lowest BCUT2D eigenvalue weighted by Gasteiger charge is -2.44. The molecule has 3 aliphatic rings. The second-order valence-electron chi connectivity index (χ2n) is 6.67. The number of hydrogen-bond donors (Lipinski definition) is 1. The highest BCUT2D eigenvalue weighted by Gasteiger charge is 2.40. The van der Waals surface area contributed by atoms with Gasteiger partial charge in [0.25, 0.3) is 0 Å². The van der Waals surface area contributed by atoms with E-state index in [1.54, 1.807) is 0 Å². The van der Waals surface area contributed by atoms with Crippen LogP contribution in [0.2, 0.25) is 0 Å². The summed E-state index contributed by atoms with van der Waals surface area (Å²) in [4.78, 5) is 5.29. The van der Waals surface area contributed by atoms with Crippen molar-refractivity contribution >= 4 is 0 Å². The van der Waals surface area contributed by atoms with Crippen molar-refractivity contribution in [1.82, 2.24) is 9.80 Å². The first kappa shape index (κ1) is 13.8. The molecule has 19 heavy (non-hydrogen) atoms. The van der Waals surface area contributed by atoms with Gasteiger partial charge in [-0.25, -0.2) is 0 Å². The largest absolute Gasteiger partial charge is 0.379 e. The zero-order valence-electron chi connectivity index (χ0n) is 12.1. The summed E-state index contributed by atoms with van der Waals surface area (Å²) in [7, 11) is 0. The predicted molar refractivity (Wildman–Crippen MR) is 77.2 cm³/mol. The SMILES string of the molecule is NCC1(N2CCC(CN3CCCC3)CC2)CCOC1. The van der Waals surface area contributed by atoms with Gasteiger partial charge in [-0.2, -0.15) is 0 Å². The smallest absolute Gasteiger partial charge is 0.0663 e. The number of piperidine rings is 1. The average molecular weight is 267 g/mol. The molecule has 0 aromatic rings. The summed E-state index contributed by atoms with van der Waals surface area (Å²) in [6.07, 6.45) is 6.63. The summed E-state index contributed by atoms with van der Waals surface area (Å²) in [5, 5.41) is 0. The van der Waals surface area contributed by atoms with Crippen molar-refractivity contribution in [2.45, 2.75) is 37.6 Å². The molecular formula is C15H29N3O. The van der Waals surface area contributed by atoms with Crippen molar-refractivity contribution in [3.63, 3.8) is 0 Å². The van der Waals surface area contributed by atoms with Gasteiger partial charge in [0.2, 0.25) is 0 Å². The van der Waals surface area contributed by atoms with Crippen LogP contribution < -0.4 is 5.73 Å². The Balaban J connectivity index is 1.48. The first-order chi connectivity index (χ1) is 9.32. The Bertz CT molecular complexity index is 277. The monoisotopic (exact) mass is 267 g/mol. The fourth-order valence-corrected chi connectivity index (χ4v) is 4.06. The molecule has 0 aromatic carbocycles. The Morgan fingerprint density at radius 2 is 1.84 bits per heavy atom. The van der Waals surface area contributed by atoms with Gasteiger partial charge in [-0.1, -0.05) is 0 Å². The standard InChI is InChI=1S/C15H29N3O/c16-12-15(5-10-19-13-15)18-8-3-14(4-9-18)11-17-6-1-2-7-17/h14H,1-13,16H2. The molecule has 4 nitrogen and oxygen atoms in total. The Kier molecular flexibility index (Phi) is 4.42. The van der Waals surface area contributed by atoms with Crippen LogP contribution in [-0.4, -0.2) is 67.8 Å². The van der Waals surface area contributed by atoms with Crippen LogP contribution in [0.1, 0.15) is 32.1 Å². The lowest BCUT2D eigenvalue weighted by atomic mass is 9.89. The molecule has 4 heteroatoms. The van der Waals surface area contributed by atoms with E-state index in [1.165, 1.54) is 58.4 Å². The topological polar surface area (TPSA) is 41.7 Å². The minimum absolute atomic E-state index is 0.165. The van der Waals surface area contributed by atoms with Crippen molar-refractivity contribution in [2.24, 2.45) is 11.7 Å². The summed E-state index contributed by atoms with van der Waals surface area (Å²) in [6, 6.07) is 0. The predicted octanol–water partition coefficient (Wildman–Crippen LogP) is 0.912. The van der Waals surface area contributed by atoms with Crippen LogP contribution in [0.15, 0.2) is 0 Å². The maximum atomic E-state index is 6.04. The summed E-state index contributed by atoms with van der Waals surface area (Å²) in [5.74, 6) is 0.909. The van der Waals surface area contributed by atoms with E-state index < -0.39 is 0 Å². The highest BCUT2D eigenvalue weighted by molar-refractivity contribution is 4.96. The third-order valence-electron chi connectivity index (χ3n) is 5.46. The van der Waals surface area contributed by atoms with Crippen LogP contribution in [0, 0.1) is 5.92 Å². The van der Waals surface area contributed by atoms with Crippen molar-refractivity contribution in [1.29, 1.82) is 0 Å². The first-order valence-electron chi connectivity index (χ1n) is 8.08. The molecule has 0 spiro atoms. The van der Waals surface area contributed by atoms with Crippen LogP contribution in [0.4, 0.5) is 0 Å². The lowest BCUT2D eigenvalue weighted by molar-refractivity contribution is 0.0373. The maximum Gasteiger partial charge on any atom is 0.0663 e. The fourth-order valence-electron chi connectivity index (χ4n) is 4.06. The van der Waals surface area contributed by atoms with E-state index in [2.05, 4.69) is 9.80 Å². The number of rotatable bonds is 4. The zero-order valence-corrected chi connectivity index (χ0v) is 12.1. The van der Waals surface area contributed by atoms with Crippen LogP contribution in [0.25, 0.3) is 0 Å². The molecule has 1 unspecified atom stereocenters. The van der Waals surface area contributed by atoms with E-state index in [0.717, 1.165) is 32.1 Å². The van der Waals surface area contributed by atoms with Crippen molar-refractivity contribution < 1.29 is 4.74 Å². The molecule has 3 heterocycles. The van der Waals surface area contributed by atoms with Crippen LogP contribution >= 0.6 is 0 Å². The van der Waals surface area contributed by atoms with E-state index in [-0.39, 0.29) is 5.54 Å². The van der Waals surface area contributed by atoms with Crippen molar-refractivity contribution in [2.75, 3.05) is 52.5 Å². The Morgan fingerprint density at radius 1 is 1.11 bits per heavy atom. The number of ether oxygens (including phenoxy) is 1. The molecule has 1 atom stereocenters. The van der Waals surface area contributed by atoms with Gasteiger partial charge in [-0.05, 0) is 64.2 Å². The van der Waals surface area contributed by atoms with Crippen molar-refractivity contribution in [3.05, 3.63) is 0 Å². The second-order valence-corrected chi connectivity index (χ2v) is 6.67. The average Bonchev–Trinajstić information content (AvgIpc) is 3.11. The second kappa shape index (κ2) is 6.08. The fraction of sp³-hybridized carbons (Fsp3) is 1.00. The maximum absolute atomic E-state index is 6.04. The Morgan fingerprint density at radius 3 is 2.42 bits per heavy atom. The zero-order chi connectivity index (χ0) is 13.1. The van der Waals surface area contributed by atoms with Crippen LogP contribution in [0.3, 0.4) is 0 Å². The van der Waals surface area contributed by atoms with Gasteiger partial charge in [0, 0.05) is 19.7 Å². The van der Waals surface area contributed by atoms with Gasteiger partial charge < -0.3 is 15.4 Å². The molecule has 3 saturated heterocycles. The van der Waals surface area contributed by atoms with Gasteiger partial charge >= 0.3 is 0 Å². The molecule has 0 saturated carbocycles. The summed E-state index contributed by atoms with van der Waals surface area (Å²) in [6.45, 7) is 8.94. The summed E-state index contributed by atoms with van der Waals surface area (Å²) in [5.41, 5.74) is 6.20. The quantitative estimate of drug-likeness (QED) is 0.822. The Hall–Kier alpha value is -0.160. The molecule has 0 aromatic heterocycles. The lowest BCUT2D eigenvalue weighted by Crippen LogP contribution is -2.57. The van der Waals surface area contributed by atoms with Crippen molar-refractivity contribution in [3.8, 4) is 0 Å². The van der Waals surface area contributed by atoms with Gasteiger partial charge in [-0.3, -0.25) is 4.90 Å². The Labute approximate surface area is 117 Å². The normalized spacial score (nSPS) is 35.2.